The average Bonchev–Trinajstić information content (AvgIpc) is 3.30. The lowest BCUT2D eigenvalue weighted by molar-refractivity contribution is -0.132. The van der Waals surface area contributed by atoms with Gasteiger partial charge in [-0.3, -0.25) is 14.5 Å². The molecule has 4 rings (SSSR count). The average molecular weight is 500 g/mol. The minimum absolute atomic E-state index is 0.00401. The molecule has 1 aromatic heterocycles. The highest BCUT2D eigenvalue weighted by atomic mass is 79.9. The minimum Gasteiger partial charge on any atom is -0.507 e. The third-order valence-electron chi connectivity index (χ3n) is 4.79. The van der Waals surface area contributed by atoms with E-state index in [0.29, 0.717) is 33.6 Å². The van der Waals surface area contributed by atoms with Crippen LogP contribution in [0.3, 0.4) is 0 Å². The first-order valence-electron chi connectivity index (χ1n) is 9.50. The van der Waals surface area contributed by atoms with Gasteiger partial charge in [-0.15, -0.1) is 10.2 Å². The normalized spacial score (nSPS) is 17.9. The molecule has 158 valence electrons. The van der Waals surface area contributed by atoms with Gasteiger partial charge in [0.1, 0.15) is 16.5 Å². The van der Waals surface area contributed by atoms with Crippen LogP contribution in [0.2, 0.25) is 0 Å². The van der Waals surface area contributed by atoms with Gasteiger partial charge in [-0.1, -0.05) is 39.4 Å². The van der Waals surface area contributed by atoms with Crippen molar-refractivity contribution in [2.45, 2.75) is 19.9 Å². The van der Waals surface area contributed by atoms with E-state index in [-0.39, 0.29) is 11.3 Å². The van der Waals surface area contributed by atoms with Crippen LogP contribution in [-0.4, -0.2) is 33.6 Å². The molecule has 0 aliphatic carbocycles. The highest BCUT2D eigenvalue weighted by Crippen LogP contribution is 2.43. The number of hydrogen-bond acceptors (Lipinski definition) is 7. The number of nitrogens with zero attached hydrogens (tertiary/aromatic N) is 3. The highest BCUT2D eigenvalue weighted by Gasteiger charge is 2.48. The molecule has 1 aliphatic rings. The number of ketones is 1. The first-order valence-corrected chi connectivity index (χ1v) is 11.1. The molecule has 1 aliphatic heterocycles. The Bertz CT molecular complexity index is 1170. The summed E-state index contributed by atoms with van der Waals surface area (Å²) in [7, 11) is 0. The minimum atomic E-state index is -0.827. The van der Waals surface area contributed by atoms with Crippen molar-refractivity contribution < 1.29 is 19.4 Å². The number of halogens is 1. The number of aromatic nitrogens is 2. The van der Waals surface area contributed by atoms with Crippen molar-refractivity contribution >= 4 is 49.8 Å². The van der Waals surface area contributed by atoms with Crippen LogP contribution in [0.25, 0.3) is 5.76 Å². The summed E-state index contributed by atoms with van der Waals surface area (Å²) in [6.45, 7) is 4.16. The Morgan fingerprint density at radius 2 is 1.81 bits per heavy atom. The van der Waals surface area contributed by atoms with Crippen molar-refractivity contribution in [2.24, 2.45) is 0 Å². The van der Waals surface area contributed by atoms with Crippen molar-refractivity contribution in [1.29, 1.82) is 0 Å². The second kappa shape index (κ2) is 8.60. The zero-order chi connectivity index (χ0) is 22.1. The van der Waals surface area contributed by atoms with Crippen LogP contribution >= 0.6 is 27.3 Å². The van der Waals surface area contributed by atoms with E-state index >= 15 is 0 Å². The predicted molar refractivity (Wildman–Crippen MR) is 121 cm³/mol. The quantitative estimate of drug-likeness (QED) is 0.312. The predicted octanol–water partition coefficient (Wildman–Crippen LogP) is 4.63. The maximum atomic E-state index is 13.0. The molecule has 0 bridgehead atoms. The van der Waals surface area contributed by atoms with Gasteiger partial charge in [0.2, 0.25) is 5.13 Å². The Morgan fingerprint density at radius 3 is 2.39 bits per heavy atom. The van der Waals surface area contributed by atoms with Crippen LogP contribution < -0.4 is 9.64 Å². The molecule has 3 aromatic rings. The molecule has 0 unspecified atom stereocenters. The Labute approximate surface area is 191 Å². The second-order valence-corrected chi connectivity index (χ2v) is 8.86. The van der Waals surface area contributed by atoms with Crippen molar-refractivity contribution in [2.75, 3.05) is 11.5 Å². The number of anilines is 1. The largest absolute Gasteiger partial charge is 0.507 e. The zero-order valence-electron chi connectivity index (χ0n) is 16.7. The van der Waals surface area contributed by atoms with E-state index in [1.807, 2.05) is 19.1 Å². The van der Waals surface area contributed by atoms with E-state index in [1.165, 1.54) is 16.2 Å². The summed E-state index contributed by atoms with van der Waals surface area (Å²) in [4.78, 5) is 27.3. The van der Waals surface area contributed by atoms with E-state index in [4.69, 9.17) is 4.74 Å². The molecule has 1 amide bonds. The molecule has 0 radical (unpaired) electrons. The van der Waals surface area contributed by atoms with Crippen LogP contribution in [0.15, 0.2) is 58.6 Å². The number of aliphatic hydroxyl groups is 1. The van der Waals surface area contributed by atoms with E-state index in [2.05, 4.69) is 26.1 Å². The first-order chi connectivity index (χ1) is 14.9. The maximum Gasteiger partial charge on any atom is 0.301 e. The fourth-order valence-electron chi connectivity index (χ4n) is 3.40. The Morgan fingerprint density at radius 1 is 1.13 bits per heavy atom. The second-order valence-electron chi connectivity index (χ2n) is 6.78. The van der Waals surface area contributed by atoms with Gasteiger partial charge in [0.15, 0.2) is 0 Å². The van der Waals surface area contributed by atoms with Crippen LogP contribution in [-0.2, 0) is 9.59 Å². The Balaban J connectivity index is 1.87. The van der Waals surface area contributed by atoms with Crippen LogP contribution in [0.4, 0.5) is 5.13 Å². The lowest BCUT2D eigenvalue weighted by atomic mass is 9.95. The summed E-state index contributed by atoms with van der Waals surface area (Å²) in [5, 5.41) is 20.1. The highest BCUT2D eigenvalue weighted by molar-refractivity contribution is 9.10. The molecule has 31 heavy (non-hydrogen) atoms. The summed E-state index contributed by atoms with van der Waals surface area (Å²) < 4.78 is 6.29. The number of ether oxygens (including phenoxy) is 1. The van der Waals surface area contributed by atoms with Crippen molar-refractivity contribution in [1.82, 2.24) is 10.2 Å². The Hall–Kier alpha value is -3.04. The van der Waals surface area contributed by atoms with Gasteiger partial charge in [0.05, 0.1) is 18.2 Å². The van der Waals surface area contributed by atoms with Gasteiger partial charge < -0.3 is 9.84 Å². The summed E-state index contributed by atoms with van der Waals surface area (Å²) in [6, 6.07) is 13.1. The molecule has 2 heterocycles. The van der Waals surface area contributed by atoms with Gasteiger partial charge in [0.25, 0.3) is 5.78 Å². The Kier molecular flexibility index (Phi) is 5.88. The molecule has 1 atom stereocenters. The number of Topliss-reactive ketones (excluding diaryl/α,β-unsaturated/α-hetero) is 1. The van der Waals surface area contributed by atoms with Crippen LogP contribution in [0, 0.1) is 6.92 Å². The lowest BCUT2D eigenvalue weighted by Crippen LogP contribution is -2.29. The number of carbonyl (C=O) groups is 2. The molecule has 9 heteroatoms. The number of rotatable bonds is 5. The van der Waals surface area contributed by atoms with Gasteiger partial charge in [-0.05, 0) is 55.8 Å². The standard InChI is InChI=1S/C22H18BrN3O4S/c1-3-30-16-10-6-14(7-11-16)19(27)17-18(13-4-8-15(23)9-5-13)26(21(29)20(17)28)22-25-24-12(2)31-22/h4-11,18,27H,3H2,1-2H3/b19-17+/t18-/m0/s1. The van der Waals surface area contributed by atoms with Gasteiger partial charge >= 0.3 is 5.91 Å². The van der Waals surface area contributed by atoms with E-state index < -0.39 is 17.7 Å². The number of benzene rings is 2. The number of carbonyl (C=O) groups excluding carboxylic acids is 2. The van der Waals surface area contributed by atoms with E-state index in [9.17, 15) is 14.7 Å². The van der Waals surface area contributed by atoms with Crippen LogP contribution in [0.5, 0.6) is 5.75 Å². The van der Waals surface area contributed by atoms with Gasteiger partial charge in [0, 0.05) is 10.0 Å². The molecule has 0 saturated carbocycles. The lowest BCUT2D eigenvalue weighted by Gasteiger charge is -2.22. The van der Waals surface area contributed by atoms with Crippen molar-refractivity contribution in [3.8, 4) is 5.75 Å². The van der Waals surface area contributed by atoms with Crippen molar-refractivity contribution in [3.63, 3.8) is 0 Å². The molecule has 2 aromatic carbocycles. The third kappa shape index (κ3) is 3.98. The summed E-state index contributed by atoms with van der Waals surface area (Å²) in [5.74, 6) is -1.13. The zero-order valence-corrected chi connectivity index (χ0v) is 19.1. The van der Waals surface area contributed by atoms with Crippen LogP contribution in [0.1, 0.15) is 29.1 Å². The number of aryl methyl sites for hydroxylation is 1. The van der Waals surface area contributed by atoms with Gasteiger partial charge in [-0.2, -0.15) is 0 Å². The number of aliphatic hydroxyl groups excluding tert-OH is 1. The van der Waals surface area contributed by atoms with E-state index in [1.54, 1.807) is 43.3 Å². The van der Waals surface area contributed by atoms with Crippen molar-refractivity contribution in [3.05, 3.63) is 74.7 Å². The molecule has 1 saturated heterocycles. The third-order valence-corrected chi connectivity index (χ3v) is 6.16. The molecule has 7 nitrogen and oxygen atoms in total. The SMILES string of the molecule is CCOc1ccc(/C(O)=C2\C(=O)C(=O)N(c3nnc(C)s3)[C@H]2c2ccc(Br)cc2)cc1. The topological polar surface area (TPSA) is 92.6 Å². The summed E-state index contributed by atoms with van der Waals surface area (Å²) in [5.41, 5.74) is 1.09. The first kappa shape index (κ1) is 21.2. The number of amides is 1. The fraction of sp³-hybridized carbons (Fsp3) is 0.182. The molecular formula is C22H18BrN3O4S. The molecular weight excluding hydrogens is 482 g/mol. The molecule has 0 spiro atoms. The smallest absolute Gasteiger partial charge is 0.301 e. The molecule has 1 N–H and O–H groups in total. The monoisotopic (exact) mass is 499 g/mol. The molecule has 1 fully saturated rings. The summed E-state index contributed by atoms with van der Waals surface area (Å²) >= 11 is 4.61. The summed E-state index contributed by atoms with van der Waals surface area (Å²) in [6.07, 6.45) is 0. The van der Waals surface area contributed by atoms with E-state index in [0.717, 1.165) is 4.47 Å². The number of hydrogen-bond donors (Lipinski definition) is 1. The fourth-order valence-corrected chi connectivity index (χ4v) is 4.38. The maximum absolute atomic E-state index is 13.0. The van der Waals surface area contributed by atoms with Gasteiger partial charge in [-0.25, -0.2) is 0 Å².